The molecule has 0 bridgehead atoms. The van der Waals surface area contributed by atoms with Crippen LogP contribution in [0.4, 0.5) is 17.6 Å². The van der Waals surface area contributed by atoms with Gasteiger partial charge in [-0.2, -0.15) is 10.1 Å². The van der Waals surface area contributed by atoms with Gasteiger partial charge in [0.1, 0.15) is 18.0 Å². The summed E-state index contributed by atoms with van der Waals surface area (Å²) in [6.45, 7) is 8.18. The lowest BCUT2D eigenvalue weighted by atomic mass is 9.74. The van der Waals surface area contributed by atoms with Crippen LogP contribution in [-0.2, 0) is 0 Å². The Kier molecular flexibility index (Phi) is 2.57. The molecule has 23 heavy (non-hydrogen) atoms. The Balaban J connectivity index is 1.27. The van der Waals surface area contributed by atoms with E-state index in [4.69, 9.17) is 0 Å². The molecule has 1 aliphatic carbocycles. The molecule has 7 nitrogen and oxygen atoms in total. The summed E-state index contributed by atoms with van der Waals surface area (Å²) in [5.74, 6) is 3.08. The van der Waals surface area contributed by atoms with Crippen molar-refractivity contribution >= 4 is 24.3 Å². The second-order valence-electron chi connectivity index (χ2n) is 7.19. The van der Waals surface area contributed by atoms with E-state index in [0.717, 1.165) is 43.8 Å². The van der Waals surface area contributed by atoms with Crippen LogP contribution in [0, 0.1) is 5.41 Å². The molecule has 2 saturated heterocycles. The number of hydrogen-bond acceptors (Lipinski definition) is 5. The summed E-state index contributed by atoms with van der Waals surface area (Å²) in [6.07, 6.45) is 4.33. The molecule has 4 heterocycles. The Labute approximate surface area is 134 Å². The molecule has 1 saturated carbocycles. The minimum absolute atomic E-state index is 0.426. The number of nitrogens with zero attached hydrogens (tertiary/aromatic N) is 5. The molecule has 2 aromatic rings. The van der Waals surface area contributed by atoms with Crippen molar-refractivity contribution < 1.29 is 4.58 Å². The van der Waals surface area contributed by atoms with Gasteiger partial charge < -0.3 is 10.2 Å². The van der Waals surface area contributed by atoms with Crippen LogP contribution in [0.2, 0.25) is 0 Å². The first-order chi connectivity index (χ1) is 11.2. The second-order valence-corrected chi connectivity index (χ2v) is 7.19. The van der Waals surface area contributed by atoms with Crippen molar-refractivity contribution in [1.82, 2.24) is 20.2 Å². The maximum atomic E-state index is 4.62. The fraction of sp³-hybridized carbons (Fsp3) is 0.500. The van der Waals surface area contributed by atoms with Crippen molar-refractivity contribution in [2.45, 2.75) is 18.8 Å². The minimum atomic E-state index is 0.426. The first-order valence-electron chi connectivity index (χ1n) is 8.15. The van der Waals surface area contributed by atoms with E-state index in [1.807, 2.05) is 6.07 Å². The summed E-state index contributed by atoms with van der Waals surface area (Å²) < 4.78 is 2.12. The Hall–Kier alpha value is -2.44. The molecule has 0 aromatic carbocycles. The molecule has 7 heteroatoms. The molecule has 0 unspecified atom stereocenters. The normalized spacial score (nSPS) is 21.9. The van der Waals surface area contributed by atoms with Crippen molar-refractivity contribution in [2.75, 3.05) is 36.4 Å². The van der Waals surface area contributed by atoms with Gasteiger partial charge in [0.2, 0.25) is 5.95 Å². The van der Waals surface area contributed by atoms with E-state index in [2.05, 4.69) is 47.7 Å². The average Bonchev–Trinajstić information content (AvgIpc) is 3.22. The van der Waals surface area contributed by atoms with Gasteiger partial charge >= 0.3 is 0 Å². The molecule has 0 atom stereocenters. The summed E-state index contributed by atoms with van der Waals surface area (Å²) in [5.41, 5.74) is 1.64. The van der Waals surface area contributed by atoms with Crippen molar-refractivity contribution in [1.29, 1.82) is 0 Å². The van der Waals surface area contributed by atoms with E-state index in [9.17, 15) is 0 Å². The quantitative estimate of drug-likeness (QED) is 0.834. The summed E-state index contributed by atoms with van der Waals surface area (Å²) in [6, 6.07) is 3.96. The van der Waals surface area contributed by atoms with E-state index in [0.29, 0.717) is 11.3 Å². The standard InChI is InChI=1S/C16H20N7/c1-22-7-16(8-22)9-23(10-16)15-17-5-4-13(19-15)18-14-6-12(20-21-14)11-2-3-11/h4-6,11H,1-3,7-10H2,(H2,17,18,19,20,21)/q+1. The van der Waals surface area contributed by atoms with Gasteiger partial charge in [0.05, 0.1) is 0 Å². The number of aromatic amines is 1. The van der Waals surface area contributed by atoms with E-state index < -0.39 is 0 Å². The molecule has 0 radical (unpaired) electrons. The minimum Gasteiger partial charge on any atom is -0.338 e. The highest BCUT2D eigenvalue weighted by Gasteiger charge is 2.56. The molecule has 2 N–H and O–H groups in total. The highest BCUT2D eigenvalue weighted by Crippen LogP contribution is 2.40. The second kappa shape index (κ2) is 4.53. The maximum Gasteiger partial charge on any atom is 0.227 e. The summed E-state index contributed by atoms with van der Waals surface area (Å²) in [7, 11) is 0. The largest absolute Gasteiger partial charge is 0.338 e. The number of aromatic nitrogens is 4. The zero-order valence-corrected chi connectivity index (χ0v) is 13.0. The van der Waals surface area contributed by atoms with Crippen LogP contribution >= 0.6 is 0 Å². The van der Waals surface area contributed by atoms with Gasteiger partial charge in [0.25, 0.3) is 0 Å². The predicted molar refractivity (Wildman–Crippen MR) is 87.6 cm³/mol. The lowest BCUT2D eigenvalue weighted by Crippen LogP contribution is -2.69. The molecule has 0 amide bonds. The zero-order valence-electron chi connectivity index (χ0n) is 13.0. The van der Waals surface area contributed by atoms with Crippen LogP contribution in [-0.4, -0.2) is 57.6 Å². The van der Waals surface area contributed by atoms with E-state index >= 15 is 0 Å². The fourth-order valence-electron chi connectivity index (χ4n) is 3.71. The lowest BCUT2D eigenvalue weighted by molar-refractivity contribution is -0.622. The van der Waals surface area contributed by atoms with Crippen LogP contribution in [0.15, 0.2) is 18.3 Å². The summed E-state index contributed by atoms with van der Waals surface area (Å²) in [5, 5.41) is 10.7. The number of H-pyrrole nitrogens is 1. The number of anilines is 3. The topological polar surface area (TPSA) is 72.7 Å². The van der Waals surface area contributed by atoms with Gasteiger partial charge in [-0.1, -0.05) is 0 Å². The molecule has 2 aromatic heterocycles. The predicted octanol–water partition coefficient (Wildman–Crippen LogP) is 1.35. The molecule has 2 aliphatic heterocycles. The van der Waals surface area contributed by atoms with Crippen LogP contribution in [0.1, 0.15) is 24.5 Å². The Morgan fingerprint density at radius 2 is 2.13 bits per heavy atom. The van der Waals surface area contributed by atoms with Crippen molar-refractivity contribution in [3.63, 3.8) is 0 Å². The molecule has 1 spiro atoms. The maximum absolute atomic E-state index is 4.62. The molecule has 3 aliphatic rings. The molecule has 118 valence electrons. The third-order valence-corrected chi connectivity index (χ3v) is 4.97. The molecular weight excluding hydrogens is 290 g/mol. The lowest BCUT2D eigenvalue weighted by Gasteiger charge is -2.51. The van der Waals surface area contributed by atoms with Crippen LogP contribution in [0.25, 0.3) is 0 Å². The average molecular weight is 310 g/mol. The number of hydrogen-bond donors (Lipinski definition) is 2. The van der Waals surface area contributed by atoms with Crippen molar-refractivity contribution in [3.8, 4) is 0 Å². The molecular formula is C16H20N7+. The van der Waals surface area contributed by atoms with Crippen molar-refractivity contribution in [2.24, 2.45) is 5.41 Å². The smallest absolute Gasteiger partial charge is 0.227 e. The first kappa shape index (κ1) is 13.0. The SMILES string of the molecule is C=[N+]1CC2(CN(c3nccc(Nc4cc(C5CC5)[nH]n4)n3)C2)C1. The van der Waals surface area contributed by atoms with E-state index in [-0.39, 0.29) is 0 Å². The van der Waals surface area contributed by atoms with Gasteiger partial charge in [-0.3, -0.25) is 5.10 Å². The Bertz CT molecular complexity index is 760. The van der Waals surface area contributed by atoms with Gasteiger partial charge in [-0.25, -0.2) is 9.56 Å². The van der Waals surface area contributed by atoms with Crippen molar-refractivity contribution in [3.05, 3.63) is 24.0 Å². The van der Waals surface area contributed by atoms with Crippen LogP contribution in [0.5, 0.6) is 0 Å². The van der Waals surface area contributed by atoms with Gasteiger partial charge in [0, 0.05) is 37.0 Å². The van der Waals surface area contributed by atoms with Crippen LogP contribution < -0.4 is 10.2 Å². The zero-order chi connectivity index (χ0) is 15.4. The highest BCUT2D eigenvalue weighted by atomic mass is 15.3. The molecule has 3 fully saturated rings. The third-order valence-electron chi connectivity index (χ3n) is 4.97. The van der Waals surface area contributed by atoms with Crippen LogP contribution in [0.3, 0.4) is 0 Å². The fourth-order valence-corrected chi connectivity index (χ4v) is 3.71. The molecule has 5 rings (SSSR count). The van der Waals surface area contributed by atoms with E-state index in [1.165, 1.54) is 18.5 Å². The first-order valence-corrected chi connectivity index (χ1v) is 8.15. The summed E-state index contributed by atoms with van der Waals surface area (Å²) >= 11 is 0. The Morgan fingerprint density at radius 1 is 1.30 bits per heavy atom. The van der Waals surface area contributed by atoms with E-state index in [1.54, 1.807) is 6.20 Å². The number of rotatable bonds is 4. The highest BCUT2D eigenvalue weighted by molar-refractivity contribution is 5.54. The Morgan fingerprint density at radius 3 is 2.87 bits per heavy atom. The van der Waals surface area contributed by atoms with Gasteiger partial charge in [0.15, 0.2) is 18.9 Å². The monoisotopic (exact) mass is 310 g/mol. The van der Waals surface area contributed by atoms with Gasteiger partial charge in [-0.05, 0) is 18.9 Å². The number of nitrogens with one attached hydrogen (secondary N) is 2. The summed E-state index contributed by atoms with van der Waals surface area (Å²) in [4.78, 5) is 11.3. The van der Waals surface area contributed by atoms with Gasteiger partial charge in [-0.15, -0.1) is 0 Å². The third kappa shape index (κ3) is 2.27.